The number of carbonyl (C=O) groups is 2. The Morgan fingerprint density at radius 2 is 1.91 bits per heavy atom. The molecule has 0 aliphatic rings. The number of nitrogens with two attached hydrogens (primary N) is 1. The van der Waals surface area contributed by atoms with Crippen LogP contribution in [0.25, 0.3) is 6.08 Å². The quantitative estimate of drug-likeness (QED) is 0.658. The third kappa shape index (κ3) is 4.46. The van der Waals surface area contributed by atoms with Crippen molar-refractivity contribution in [2.24, 2.45) is 5.73 Å². The summed E-state index contributed by atoms with van der Waals surface area (Å²) < 4.78 is 5.17. The molecule has 2 aromatic rings. The monoisotopic (exact) mass is 315 g/mol. The maximum Gasteiger partial charge on any atom is 0.255 e. The molecule has 2 aromatic carbocycles. The van der Waals surface area contributed by atoms with Crippen LogP contribution in [0.5, 0.6) is 5.75 Å². The van der Waals surface area contributed by atoms with E-state index >= 15 is 0 Å². The SMILES string of the molecule is NC(=O)COc1cccc(C(=O)/C=C/c2ccccc2Cl)c1. The van der Waals surface area contributed by atoms with Crippen molar-refractivity contribution in [1.29, 1.82) is 0 Å². The Morgan fingerprint density at radius 3 is 2.64 bits per heavy atom. The minimum atomic E-state index is -0.574. The molecule has 0 spiro atoms. The molecule has 0 bridgehead atoms. The van der Waals surface area contributed by atoms with Crippen molar-refractivity contribution in [3.63, 3.8) is 0 Å². The summed E-state index contributed by atoms with van der Waals surface area (Å²) in [7, 11) is 0. The Labute approximate surface area is 133 Å². The van der Waals surface area contributed by atoms with Crippen LogP contribution in [0, 0.1) is 0 Å². The molecule has 112 valence electrons. The molecular weight excluding hydrogens is 302 g/mol. The smallest absolute Gasteiger partial charge is 0.255 e. The van der Waals surface area contributed by atoms with Crippen molar-refractivity contribution in [2.75, 3.05) is 6.61 Å². The molecule has 0 radical (unpaired) electrons. The molecule has 0 aliphatic carbocycles. The Bertz CT molecular complexity index is 725. The predicted octanol–water partition coefficient (Wildman–Crippen LogP) is 3.10. The summed E-state index contributed by atoms with van der Waals surface area (Å²) in [5.74, 6) is -0.351. The Kier molecular flexibility index (Phi) is 5.33. The molecule has 2 N–H and O–H groups in total. The summed E-state index contributed by atoms with van der Waals surface area (Å²) in [6, 6.07) is 13.8. The molecule has 4 nitrogen and oxygen atoms in total. The largest absolute Gasteiger partial charge is 0.484 e. The predicted molar refractivity (Wildman–Crippen MR) is 85.9 cm³/mol. The molecule has 22 heavy (non-hydrogen) atoms. The Balaban J connectivity index is 2.11. The van der Waals surface area contributed by atoms with Gasteiger partial charge >= 0.3 is 0 Å². The molecule has 0 atom stereocenters. The number of hydrogen-bond donors (Lipinski definition) is 1. The third-order valence-corrected chi connectivity index (χ3v) is 3.16. The fourth-order valence-electron chi connectivity index (χ4n) is 1.77. The maximum atomic E-state index is 12.1. The van der Waals surface area contributed by atoms with Crippen LogP contribution < -0.4 is 10.5 Å². The van der Waals surface area contributed by atoms with E-state index in [1.807, 2.05) is 18.2 Å². The van der Waals surface area contributed by atoms with Crippen molar-refractivity contribution < 1.29 is 14.3 Å². The van der Waals surface area contributed by atoms with Gasteiger partial charge in [-0.05, 0) is 35.9 Å². The number of ether oxygens (including phenoxy) is 1. The van der Waals surface area contributed by atoms with Crippen LogP contribution in [0.3, 0.4) is 0 Å². The van der Waals surface area contributed by atoms with Crippen LogP contribution in [-0.4, -0.2) is 18.3 Å². The lowest BCUT2D eigenvalue weighted by Gasteiger charge is -2.04. The van der Waals surface area contributed by atoms with Gasteiger partial charge in [0.1, 0.15) is 5.75 Å². The van der Waals surface area contributed by atoms with E-state index in [1.165, 1.54) is 6.08 Å². The van der Waals surface area contributed by atoms with Gasteiger partial charge in [0.05, 0.1) is 0 Å². The summed E-state index contributed by atoms with van der Waals surface area (Å²) in [5, 5.41) is 0.574. The minimum Gasteiger partial charge on any atom is -0.484 e. The molecule has 2 rings (SSSR count). The number of benzene rings is 2. The molecule has 0 unspecified atom stereocenters. The summed E-state index contributed by atoms with van der Waals surface area (Å²) in [6.45, 7) is -0.229. The normalized spacial score (nSPS) is 10.6. The van der Waals surface area contributed by atoms with Gasteiger partial charge in [0.25, 0.3) is 5.91 Å². The molecule has 0 fully saturated rings. The minimum absolute atomic E-state index is 0.190. The second-order valence-electron chi connectivity index (χ2n) is 4.50. The second kappa shape index (κ2) is 7.43. The van der Waals surface area contributed by atoms with Gasteiger partial charge in [-0.2, -0.15) is 0 Å². The number of hydrogen-bond acceptors (Lipinski definition) is 3. The first-order valence-electron chi connectivity index (χ1n) is 6.54. The average Bonchev–Trinajstić information content (AvgIpc) is 2.52. The highest BCUT2D eigenvalue weighted by Gasteiger charge is 2.05. The highest BCUT2D eigenvalue weighted by Crippen LogP contribution is 2.18. The average molecular weight is 316 g/mol. The lowest BCUT2D eigenvalue weighted by atomic mass is 10.1. The van der Waals surface area contributed by atoms with Crippen molar-refractivity contribution >= 4 is 29.4 Å². The zero-order valence-electron chi connectivity index (χ0n) is 11.7. The van der Waals surface area contributed by atoms with Gasteiger partial charge in [-0.25, -0.2) is 0 Å². The zero-order valence-corrected chi connectivity index (χ0v) is 12.4. The number of ketones is 1. The molecule has 0 aromatic heterocycles. The number of halogens is 1. The fraction of sp³-hybridized carbons (Fsp3) is 0.0588. The number of amides is 1. The summed E-state index contributed by atoms with van der Waals surface area (Å²) >= 11 is 6.02. The molecular formula is C17H14ClNO3. The molecule has 0 heterocycles. The summed E-state index contributed by atoms with van der Waals surface area (Å²) in [4.78, 5) is 22.8. The van der Waals surface area contributed by atoms with Crippen LogP contribution in [0.1, 0.15) is 15.9 Å². The van der Waals surface area contributed by atoms with Gasteiger partial charge in [-0.1, -0.05) is 41.9 Å². The molecule has 5 heteroatoms. The van der Waals surface area contributed by atoms with E-state index in [1.54, 1.807) is 36.4 Å². The number of allylic oxidation sites excluding steroid dienone is 1. The Hall–Kier alpha value is -2.59. The fourth-order valence-corrected chi connectivity index (χ4v) is 1.96. The first-order valence-corrected chi connectivity index (χ1v) is 6.92. The van der Waals surface area contributed by atoms with E-state index < -0.39 is 5.91 Å². The van der Waals surface area contributed by atoms with E-state index in [2.05, 4.69) is 0 Å². The number of primary amides is 1. The van der Waals surface area contributed by atoms with E-state index in [-0.39, 0.29) is 12.4 Å². The number of rotatable bonds is 6. The van der Waals surface area contributed by atoms with Crippen LogP contribution in [0.2, 0.25) is 5.02 Å². The lowest BCUT2D eigenvalue weighted by Crippen LogP contribution is -2.20. The van der Waals surface area contributed by atoms with Gasteiger partial charge in [0, 0.05) is 10.6 Å². The molecule has 1 amide bonds. The topological polar surface area (TPSA) is 69.4 Å². The molecule has 0 saturated heterocycles. The van der Waals surface area contributed by atoms with Gasteiger partial charge in [0.2, 0.25) is 0 Å². The lowest BCUT2D eigenvalue weighted by molar-refractivity contribution is -0.119. The van der Waals surface area contributed by atoms with E-state index in [9.17, 15) is 9.59 Å². The van der Waals surface area contributed by atoms with Crippen molar-refractivity contribution in [3.05, 3.63) is 70.8 Å². The standard InChI is InChI=1S/C17H14ClNO3/c18-15-7-2-1-4-12(15)8-9-16(20)13-5-3-6-14(10-13)22-11-17(19)21/h1-10H,11H2,(H2,19,21)/b9-8+. The summed E-state index contributed by atoms with van der Waals surface area (Å²) in [5.41, 5.74) is 6.22. The van der Waals surface area contributed by atoms with Crippen molar-refractivity contribution in [2.45, 2.75) is 0 Å². The second-order valence-corrected chi connectivity index (χ2v) is 4.91. The summed E-state index contributed by atoms with van der Waals surface area (Å²) in [6.07, 6.45) is 3.09. The van der Waals surface area contributed by atoms with Crippen LogP contribution in [-0.2, 0) is 4.79 Å². The maximum absolute atomic E-state index is 12.1. The van der Waals surface area contributed by atoms with E-state index in [4.69, 9.17) is 22.1 Å². The number of carbonyl (C=O) groups excluding carboxylic acids is 2. The van der Waals surface area contributed by atoms with Gasteiger partial charge in [-0.15, -0.1) is 0 Å². The van der Waals surface area contributed by atoms with Crippen molar-refractivity contribution in [3.8, 4) is 5.75 Å². The third-order valence-electron chi connectivity index (χ3n) is 2.82. The van der Waals surface area contributed by atoms with E-state index in [0.717, 1.165) is 5.56 Å². The van der Waals surface area contributed by atoms with Crippen LogP contribution in [0.4, 0.5) is 0 Å². The molecule has 0 aliphatic heterocycles. The van der Waals surface area contributed by atoms with Gasteiger partial charge < -0.3 is 10.5 Å². The first kappa shape index (κ1) is 15.8. The van der Waals surface area contributed by atoms with Gasteiger partial charge in [0.15, 0.2) is 12.4 Å². The highest BCUT2D eigenvalue weighted by molar-refractivity contribution is 6.32. The highest BCUT2D eigenvalue weighted by atomic mass is 35.5. The zero-order chi connectivity index (χ0) is 15.9. The Morgan fingerprint density at radius 1 is 1.14 bits per heavy atom. The van der Waals surface area contributed by atoms with Crippen LogP contribution >= 0.6 is 11.6 Å². The van der Waals surface area contributed by atoms with E-state index in [0.29, 0.717) is 16.3 Å². The first-order chi connectivity index (χ1) is 10.6. The van der Waals surface area contributed by atoms with Crippen LogP contribution in [0.15, 0.2) is 54.6 Å². The van der Waals surface area contributed by atoms with Gasteiger partial charge in [-0.3, -0.25) is 9.59 Å². The van der Waals surface area contributed by atoms with Crippen molar-refractivity contribution in [1.82, 2.24) is 0 Å². The molecule has 0 saturated carbocycles.